The largest absolute Gasteiger partial charge is 0.439 e. The number of para-hydroxylation sites is 1. The highest BCUT2D eigenvalue weighted by molar-refractivity contribution is 14.1. The highest BCUT2D eigenvalue weighted by atomic mass is 127. The van der Waals surface area contributed by atoms with Crippen LogP contribution in [-0.2, 0) is 14.1 Å². The quantitative estimate of drug-likeness (QED) is 0.765. The summed E-state index contributed by atoms with van der Waals surface area (Å²) in [7, 11) is 3.02. The maximum absolute atomic E-state index is 11.8. The molecule has 0 radical (unpaired) electrons. The molecule has 0 spiro atoms. The Hall–Kier alpha value is -1.57. The Morgan fingerprint density at radius 2 is 1.67 bits per heavy atom. The first-order valence-corrected chi connectivity index (χ1v) is 6.28. The van der Waals surface area contributed by atoms with Gasteiger partial charge in [0.2, 0.25) is 5.88 Å². The molecule has 6 heteroatoms. The van der Waals surface area contributed by atoms with E-state index in [-0.39, 0.29) is 11.4 Å². The minimum Gasteiger partial charge on any atom is -0.439 e. The molecule has 1 aromatic carbocycles. The summed E-state index contributed by atoms with van der Waals surface area (Å²) >= 11 is 1.88. The van der Waals surface area contributed by atoms with Crippen LogP contribution in [0.25, 0.3) is 0 Å². The predicted molar refractivity (Wildman–Crippen MR) is 76.2 cm³/mol. The van der Waals surface area contributed by atoms with E-state index in [1.165, 1.54) is 11.6 Å². The monoisotopic (exact) mass is 358 g/mol. The number of hydrogen-bond acceptors (Lipinski definition) is 3. The maximum atomic E-state index is 11.8. The van der Waals surface area contributed by atoms with Crippen LogP contribution in [0.5, 0.6) is 11.6 Å². The molecule has 0 saturated carbocycles. The zero-order chi connectivity index (χ0) is 13.3. The van der Waals surface area contributed by atoms with Crippen LogP contribution in [0.1, 0.15) is 0 Å². The topological polar surface area (TPSA) is 53.2 Å². The molecule has 0 aliphatic rings. The lowest BCUT2D eigenvalue weighted by atomic mass is 10.3. The van der Waals surface area contributed by atoms with Crippen molar-refractivity contribution in [3.8, 4) is 11.6 Å². The Morgan fingerprint density at radius 3 is 2.28 bits per heavy atom. The van der Waals surface area contributed by atoms with Crippen LogP contribution < -0.4 is 16.0 Å². The van der Waals surface area contributed by atoms with Gasteiger partial charge >= 0.3 is 5.69 Å². The van der Waals surface area contributed by atoms with Crippen molar-refractivity contribution in [3.05, 3.63) is 54.7 Å². The maximum Gasteiger partial charge on any atom is 0.333 e. The van der Waals surface area contributed by atoms with Crippen molar-refractivity contribution in [3.63, 3.8) is 0 Å². The standard InChI is InChI=1S/C12H11IN2O3/c1-14-10(16)9(13)11(15(2)12(14)17)18-8-6-4-3-5-7-8/h3-7H,1-2H3. The summed E-state index contributed by atoms with van der Waals surface area (Å²) in [5, 5.41) is 0. The minimum atomic E-state index is -0.411. The van der Waals surface area contributed by atoms with Crippen LogP contribution in [0.15, 0.2) is 39.9 Å². The highest BCUT2D eigenvalue weighted by Gasteiger charge is 2.14. The van der Waals surface area contributed by atoms with Crippen molar-refractivity contribution in [1.82, 2.24) is 9.13 Å². The smallest absolute Gasteiger partial charge is 0.333 e. The molecule has 2 aromatic rings. The summed E-state index contributed by atoms with van der Waals surface area (Å²) in [6.07, 6.45) is 0. The van der Waals surface area contributed by atoms with Gasteiger partial charge in [0.05, 0.1) is 0 Å². The number of nitrogens with zero attached hydrogens (tertiary/aromatic N) is 2. The lowest BCUT2D eigenvalue weighted by Crippen LogP contribution is -2.38. The van der Waals surface area contributed by atoms with Gasteiger partial charge in [-0.1, -0.05) is 18.2 Å². The van der Waals surface area contributed by atoms with E-state index in [2.05, 4.69) is 0 Å². The lowest BCUT2D eigenvalue weighted by molar-refractivity contribution is 0.418. The van der Waals surface area contributed by atoms with Crippen LogP contribution in [0, 0.1) is 3.57 Å². The van der Waals surface area contributed by atoms with Crippen LogP contribution in [0.2, 0.25) is 0 Å². The molecule has 18 heavy (non-hydrogen) atoms. The van der Waals surface area contributed by atoms with E-state index < -0.39 is 5.69 Å². The van der Waals surface area contributed by atoms with E-state index in [0.717, 1.165) is 4.57 Å². The average Bonchev–Trinajstić information content (AvgIpc) is 2.40. The number of ether oxygens (including phenoxy) is 1. The van der Waals surface area contributed by atoms with Gasteiger partial charge in [0.1, 0.15) is 9.32 Å². The normalized spacial score (nSPS) is 10.4. The summed E-state index contributed by atoms with van der Waals surface area (Å²) in [6.45, 7) is 0. The first kappa shape index (κ1) is 12.9. The van der Waals surface area contributed by atoms with Gasteiger partial charge in [-0.25, -0.2) is 4.79 Å². The molecule has 0 atom stereocenters. The van der Waals surface area contributed by atoms with E-state index in [1.54, 1.807) is 19.2 Å². The van der Waals surface area contributed by atoms with Crippen LogP contribution >= 0.6 is 22.6 Å². The van der Waals surface area contributed by atoms with Gasteiger partial charge in [-0.3, -0.25) is 13.9 Å². The summed E-state index contributed by atoms with van der Waals surface area (Å²) in [5.41, 5.74) is -0.768. The summed E-state index contributed by atoms with van der Waals surface area (Å²) in [5.74, 6) is 0.841. The highest BCUT2D eigenvalue weighted by Crippen LogP contribution is 2.22. The molecule has 0 amide bonds. The van der Waals surface area contributed by atoms with Gasteiger partial charge in [0.25, 0.3) is 5.56 Å². The van der Waals surface area contributed by atoms with Gasteiger partial charge in [0.15, 0.2) is 0 Å². The van der Waals surface area contributed by atoms with Gasteiger partial charge < -0.3 is 4.74 Å². The Morgan fingerprint density at radius 1 is 1.06 bits per heavy atom. The fourth-order valence-corrected chi connectivity index (χ4v) is 2.33. The third kappa shape index (κ3) is 2.20. The molecular weight excluding hydrogens is 347 g/mol. The molecule has 94 valence electrons. The fraction of sp³-hybridized carbons (Fsp3) is 0.167. The van der Waals surface area contributed by atoms with Gasteiger partial charge in [-0.05, 0) is 34.7 Å². The molecule has 1 heterocycles. The second-order valence-corrected chi connectivity index (χ2v) is 4.82. The number of rotatable bonds is 2. The van der Waals surface area contributed by atoms with Crippen molar-refractivity contribution in [2.75, 3.05) is 0 Å². The third-order valence-electron chi connectivity index (χ3n) is 2.52. The molecule has 5 nitrogen and oxygen atoms in total. The van der Waals surface area contributed by atoms with Crippen molar-refractivity contribution < 1.29 is 4.74 Å². The van der Waals surface area contributed by atoms with Crippen LogP contribution in [0.4, 0.5) is 0 Å². The zero-order valence-corrected chi connectivity index (χ0v) is 12.0. The average molecular weight is 358 g/mol. The Bertz CT molecular complexity index is 652. The van der Waals surface area contributed by atoms with E-state index in [9.17, 15) is 9.59 Å². The molecule has 0 unspecified atom stereocenters. The second-order valence-electron chi connectivity index (χ2n) is 3.74. The molecule has 0 saturated heterocycles. The van der Waals surface area contributed by atoms with Gasteiger partial charge in [0, 0.05) is 14.1 Å². The SMILES string of the molecule is Cn1c(Oc2ccccc2)c(I)c(=O)n(C)c1=O. The molecule has 0 aliphatic heterocycles. The minimum absolute atomic E-state index is 0.259. The van der Waals surface area contributed by atoms with Gasteiger partial charge in [-0.2, -0.15) is 0 Å². The zero-order valence-electron chi connectivity index (χ0n) is 9.88. The first-order valence-electron chi connectivity index (χ1n) is 5.21. The number of aromatic nitrogens is 2. The predicted octanol–water partition coefficient (Wildman–Crippen LogP) is 1.48. The number of benzene rings is 1. The Balaban J connectivity index is 2.59. The first-order chi connectivity index (χ1) is 8.52. The summed E-state index contributed by atoms with van der Waals surface area (Å²) in [6, 6.07) is 9.03. The second kappa shape index (κ2) is 4.97. The lowest BCUT2D eigenvalue weighted by Gasteiger charge is -2.12. The van der Waals surface area contributed by atoms with E-state index >= 15 is 0 Å². The molecule has 0 bridgehead atoms. The van der Waals surface area contributed by atoms with Gasteiger partial charge in [-0.15, -0.1) is 0 Å². The molecule has 0 N–H and O–H groups in total. The van der Waals surface area contributed by atoms with E-state index in [1.807, 2.05) is 40.8 Å². The van der Waals surface area contributed by atoms with E-state index in [0.29, 0.717) is 9.32 Å². The van der Waals surface area contributed by atoms with Crippen LogP contribution in [0.3, 0.4) is 0 Å². The van der Waals surface area contributed by atoms with Crippen molar-refractivity contribution in [2.45, 2.75) is 0 Å². The van der Waals surface area contributed by atoms with E-state index in [4.69, 9.17) is 4.74 Å². The molecular formula is C12H11IN2O3. The number of hydrogen-bond donors (Lipinski definition) is 0. The Kier molecular flexibility index (Phi) is 3.55. The van der Waals surface area contributed by atoms with Crippen molar-refractivity contribution in [1.29, 1.82) is 0 Å². The number of halogens is 1. The van der Waals surface area contributed by atoms with Crippen molar-refractivity contribution in [2.24, 2.45) is 14.1 Å². The molecule has 0 fully saturated rings. The van der Waals surface area contributed by atoms with Crippen LogP contribution in [-0.4, -0.2) is 9.13 Å². The fourth-order valence-electron chi connectivity index (χ4n) is 1.50. The molecule has 1 aromatic heterocycles. The third-order valence-corrected chi connectivity index (χ3v) is 3.44. The summed E-state index contributed by atoms with van der Waals surface area (Å²) < 4.78 is 8.35. The Labute approximate surface area is 117 Å². The molecule has 2 rings (SSSR count). The van der Waals surface area contributed by atoms with Crippen molar-refractivity contribution >= 4 is 22.6 Å². The summed E-state index contributed by atoms with van der Waals surface area (Å²) in [4.78, 5) is 23.6. The molecule has 0 aliphatic carbocycles.